The largest absolute Gasteiger partial charge is 0.265 e. The number of sulfonamides is 2. The van der Waals surface area contributed by atoms with E-state index < -0.39 is 26.1 Å². The zero-order chi connectivity index (χ0) is 19.9. The molecule has 9 nitrogen and oxygen atoms in total. The van der Waals surface area contributed by atoms with Crippen molar-refractivity contribution >= 4 is 42.8 Å². The predicted octanol–water partition coefficient (Wildman–Crippen LogP) is 0.921. The molecule has 3 heterocycles. The van der Waals surface area contributed by atoms with E-state index in [1.807, 2.05) is 0 Å². The van der Waals surface area contributed by atoms with Crippen LogP contribution >= 0.6 is 11.7 Å². The molecule has 0 unspecified atom stereocenters. The van der Waals surface area contributed by atoms with Crippen LogP contribution in [-0.2, 0) is 26.6 Å². The van der Waals surface area contributed by atoms with Crippen molar-refractivity contribution < 1.29 is 16.8 Å². The Morgan fingerprint density at radius 1 is 1.11 bits per heavy atom. The van der Waals surface area contributed by atoms with Crippen molar-refractivity contribution in [2.75, 3.05) is 19.3 Å². The zero-order valence-electron chi connectivity index (χ0n) is 14.8. The fraction of sp³-hybridized carbons (Fsp3) is 0.312. The summed E-state index contributed by atoms with van der Waals surface area (Å²) < 4.78 is 61.3. The summed E-state index contributed by atoms with van der Waals surface area (Å²) in [4.78, 5) is 4.02. The maximum atomic E-state index is 13.0. The van der Waals surface area contributed by atoms with Crippen molar-refractivity contribution in [2.24, 2.45) is 0 Å². The van der Waals surface area contributed by atoms with Crippen LogP contribution in [0.1, 0.15) is 5.56 Å². The van der Waals surface area contributed by atoms with Crippen molar-refractivity contribution in [3.8, 4) is 0 Å². The van der Waals surface area contributed by atoms with Crippen molar-refractivity contribution in [3.63, 3.8) is 0 Å². The fourth-order valence-electron chi connectivity index (χ4n) is 3.11. The number of fused-ring (bicyclic) bond motifs is 1. The Morgan fingerprint density at radius 2 is 1.82 bits per heavy atom. The lowest BCUT2D eigenvalue weighted by atomic mass is 10.1. The first-order chi connectivity index (χ1) is 13.3. The van der Waals surface area contributed by atoms with Crippen LogP contribution in [0.2, 0.25) is 0 Å². The molecule has 1 saturated heterocycles. The van der Waals surface area contributed by atoms with Crippen LogP contribution in [0.5, 0.6) is 0 Å². The van der Waals surface area contributed by atoms with Gasteiger partial charge in [-0.05, 0) is 29.8 Å². The molecule has 2 aromatic heterocycles. The Balaban J connectivity index is 1.56. The van der Waals surface area contributed by atoms with Gasteiger partial charge in [-0.1, -0.05) is 6.07 Å². The molecule has 0 spiro atoms. The lowest BCUT2D eigenvalue weighted by molar-refractivity contribution is 0.151. The van der Waals surface area contributed by atoms with Crippen LogP contribution in [0, 0.1) is 0 Å². The SMILES string of the molecule is CS(=O)(=O)N(Cc1ccncc1)C1CN(S(=O)(=O)c2cccc3nsnc23)C1. The monoisotopic (exact) mass is 439 g/mol. The second kappa shape index (κ2) is 7.12. The molecule has 1 fully saturated rings. The highest BCUT2D eigenvalue weighted by molar-refractivity contribution is 7.89. The van der Waals surface area contributed by atoms with Crippen LogP contribution in [0.25, 0.3) is 11.0 Å². The van der Waals surface area contributed by atoms with Crippen LogP contribution in [0.3, 0.4) is 0 Å². The second-order valence-electron chi connectivity index (χ2n) is 6.53. The normalized spacial score (nSPS) is 16.5. The van der Waals surface area contributed by atoms with Gasteiger partial charge in [-0.25, -0.2) is 16.8 Å². The number of hydrogen-bond acceptors (Lipinski definition) is 8. The molecule has 0 bridgehead atoms. The minimum absolute atomic E-state index is 0.0917. The molecule has 0 aliphatic carbocycles. The van der Waals surface area contributed by atoms with Gasteiger partial charge in [-0.3, -0.25) is 4.98 Å². The van der Waals surface area contributed by atoms with E-state index in [0.717, 1.165) is 23.5 Å². The molecule has 1 aliphatic rings. The van der Waals surface area contributed by atoms with Gasteiger partial charge in [0.15, 0.2) is 0 Å². The molecule has 3 aromatic rings. The van der Waals surface area contributed by atoms with E-state index in [0.29, 0.717) is 11.0 Å². The molecule has 0 saturated carbocycles. The summed E-state index contributed by atoms with van der Waals surface area (Å²) in [5, 5.41) is 0. The number of nitrogens with zero attached hydrogens (tertiary/aromatic N) is 5. The Kier molecular flexibility index (Phi) is 4.91. The number of hydrogen-bond donors (Lipinski definition) is 0. The Hall–Kier alpha value is -1.99. The Labute approximate surface area is 167 Å². The van der Waals surface area contributed by atoms with Gasteiger partial charge in [0, 0.05) is 32.0 Å². The lowest BCUT2D eigenvalue weighted by Crippen LogP contribution is -2.61. The molecule has 0 N–H and O–H groups in total. The average Bonchev–Trinajstić information content (AvgIpc) is 3.08. The molecular weight excluding hydrogens is 422 g/mol. The highest BCUT2D eigenvalue weighted by Crippen LogP contribution is 2.30. The van der Waals surface area contributed by atoms with Gasteiger partial charge in [0.25, 0.3) is 0 Å². The van der Waals surface area contributed by atoms with Crippen molar-refractivity contribution in [3.05, 3.63) is 48.3 Å². The van der Waals surface area contributed by atoms with E-state index in [-0.39, 0.29) is 24.5 Å². The van der Waals surface area contributed by atoms with Crippen LogP contribution in [-0.4, -0.2) is 64.6 Å². The third-order valence-corrected chi connectivity index (χ3v) is 8.30. The number of pyridine rings is 1. The molecule has 28 heavy (non-hydrogen) atoms. The number of aromatic nitrogens is 3. The summed E-state index contributed by atoms with van der Waals surface area (Å²) in [5.41, 5.74) is 1.66. The minimum atomic E-state index is -3.78. The van der Waals surface area contributed by atoms with Crippen LogP contribution in [0.15, 0.2) is 47.6 Å². The van der Waals surface area contributed by atoms with Gasteiger partial charge < -0.3 is 0 Å². The van der Waals surface area contributed by atoms with Gasteiger partial charge in [0.2, 0.25) is 20.0 Å². The summed E-state index contributed by atoms with van der Waals surface area (Å²) in [6.07, 6.45) is 4.32. The molecule has 1 aromatic carbocycles. The van der Waals surface area contributed by atoms with E-state index in [1.165, 1.54) is 14.7 Å². The molecule has 12 heteroatoms. The second-order valence-corrected chi connectivity index (χ2v) is 10.9. The van der Waals surface area contributed by atoms with Crippen molar-refractivity contribution in [1.29, 1.82) is 0 Å². The third-order valence-electron chi connectivity index (χ3n) is 4.62. The lowest BCUT2D eigenvalue weighted by Gasteiger charge is -2.43. The number of rotatable bonds is 6. The summed E-state index contributed by atoms with van der Waals surface area (Å²) in [6, 6.07) is 7.88. The van der Waals surface area contributed by atoms with Crippen LogP contribution in [0.4, 0.5) is 0 Å². The van der Waals surface area contributed by atoms with E-state index in [1.54, 1.807) is 36.7 Å². The van der Waals surface area contributed by atoms with Gasteiger partial charge in [-0.15, -0.1) is 0 Å². The maximum Gasteiger partial charge on any atom is 0.245 e. The van der Waals surface area contributed by atoms with E-state index in [9.17, 15) is 16.8 Å². The third kappa shape index (κ3) is 3.53. The van der Waals surface area contributed by atoms with E-state index in [2.05, 4.69) is 13.7 Å². The molecule has 148 valence electrons. The van der Waals surface area contributed by atoms with Crippen molar-refractivity contribution in [2.45, 2.75) is 17.5 Å². The van der Waals surface area contributed by atoms with E-state index in [4.69, 9.17) is 0 Å². The Morgan fingerprint density at radius 3 is 2.50 bits per heavy atom. The van der Waals surface area contributed by atoms with E-state index >= 15 is 0 Å². The summed E-state index contributed by atoms with van der Waals surface area (Å²) in [5.74, 6) is 0. The van der Waals surface area contributed by atoms with Gasteiger partial charge in [0.05, 0.1) is 24.0 Å². The highest BCUT2D eigenvalue weighted by atomic mass is 32.2. The van der Waals surface area contributed by atoms with Gasteiger partial charge in [-0.2, -0.15) is 17.4 Å². The average molecular weight is 440 g/mol. The van der Waals surface area contributed by atoms with Crippen molar-refractivity contribution in [1.82, 2.24) is 22.3 Å². The summed E-state index contributed by atoms with van der Waals surface area (Å²) in [6.45, 7) is 0.356. The smallest absolute Gasteiger partial charge is 0.245 e. The zero-order valence-corrected chi connectivity index (χ0v) is 17.3. The summed E-state index contributed by atoms with van der Waals surface area (Å²) >= 11 is 0.955. The molecule has 0 amide bonds. The number of benzene rings is 1. The quantitative estimate of drug-likeness (QED) is 0.561. The standard InChI is InChI=1S/C16H17N5O4S3/c1-27(22,23)21(9-12-5-7-17-8-6-12)13-10-20(11-13)28(24,25)15-4-2-3-14-16(15)19-26-18-14/h2-8,13H,9-11H2,1H3. The van der Waals surface area contributed by atoms with Gasteiger partial charge >= 0.3 is 0 Å². The predicted molar refractivity (Wildman–Crippen MR) is 105 cm³/mol. The first-order valence-corrected chi connectivity index (χ1v) is 12.4. The van der Waals surface area contributed by atoms with Crippen LogP contribution < -0.4 is 0 Å². The van der Waals surface area contributed by atoms with Gasteiger partial charge in [0.1, 0.15) is 15.9 Å². The topological polar surface area (TPSA) is 113 Å². The highest BCUT2D eigenvalue weighted by Gasteiger charge is 2.43. The molecule has 4 rings (SSSR count). The molecular formula is C16H17N5O4S3. The molecule has 0 radical (unpaired) electrons. The molecule has 0 atom stereocenters. The Bertz CT molecular complexity index is 1210. The maximum absolute atomic E-state index is 13.0. The first kappa shape index (κ1) is 19.3. The fourth-order valence-corrected chi connectivity index (χ4v) is 6.43. The molecule has 1 aliphatic heterocycles. The first-order valence-electron chi connectivity index (χ1n) is 8.34. The minimum Gasteiger partial charge on any atom is -0.265 e. The summed E-state index contributed by atoms with van der Waals surface area (Å²) in [7, 11) is -7.29.